The van der Waals surface area contributed by atoms with Gasteiger partial charge in [-0.15, -0.1) is 0 Å². The molecule has 1 heterocycles. The van der Waals surface area contributed by atoms with Crippen LogP contribution in [0.5, 0.6) is 0 Å². The molecule has 1 fully saturated rings. The van der Waals surface area contributed by atoms with Crippen molar-refractivity contribution >= 4 is 11.9 Å². The van der Waals surface area contributed by atoms with Crippen LogP contribution in [0.2, 0.25) is 0 Å². The van der Waals surface area contributed by atoms with E-state index in [0.717, 1.165) is 11.5 Å². The van der Waals surface area contributed by atoms with Crippen LogP contribution in [0, 0.1) is 0 Å². The highest BCUT2D eigenvalue weighted by Crippen LogP contribution is 2.13. The fourth-order valence-electron chi connectivity index (χ4n) is 1.00. The first-order valence-electron chi connectivity index (χ1n) is 4.09. The molecule has 0 radical (unpaired) electrons. The molecule has 5 N–H and O–H groups in total. The zero-order valence-electron chi connectivity index (χ0n) is 7.59. The van der Waals surface area contributed by atoms with E-state index in [1.165, 1.54) is 0 Å². The van der Waals surface area contributed by atoms with Gasteiger partial charge in [0, 0.05) is 6.54 Å². The van der Waals surface area contributed by atoms with Crippen LogP contribution in [-0.4, -0.2) is 51.6 Å². The fraction of sp³-hybridized carbons (Fsp3) is 0.714. The van der Waals surface area contributed by atoms with E-state index in [9.17, 15) is 9.59 Å². The molecule has 1 aliphatic heterocycles. The molecule has 0 saturated carbocycles. The van der Waals surface area contributed by atoms with Gasteiger partial charge in [-0.1, -0.05) is 0 Å². The Labute approximate surface area is 80.7 Å². The van der Waals surface area contributed by atoms with Crippen LogP contribution in [0.3, 0.4) is 0 Å². The number of carboxylic acids is 2. The minimum absolute atomic E-state index is 0.278. The standard InChI is InChI=1S/C5H9NO3.C2H5NO2/c7-5(8)4-2-1-3-6(4)9;3-1-2(4)5/h4,9H,1-3H2,(H,7,8);1,3H2,(H,4,5). The highest BCUT2D eigenvalue weighted by Gasteiger charge is 2.28. The number of nitrogens with zero attached hydrogens (tertiary/aromatic N) is 1. The van der Waals surface area contributed by atoms with Gasteiger partial charge >= 0.3 is 11.9 Å². The number of hydrogen-bond acceptors (Lipinski definition) is 5. The van der Waals surface area contributed by atoms with Crippen molar-refractivity contribution in [1.82, 2.24) is 5.06 Å². The molecule has 82 valence electrons. The third kappa shape index (κ3) is 4.75. The van der Waals surface area contributed by atoms with E-state index in [1.54, 1.807) is 0 Å². The molecule has 1 aliphatic rings. The van der Waals surface area contributed by atoms with E-state index in [4.69, 9.17) is 15.4 Å². The minimum atomic E-state index is -0.968. The molecule has 0 amide bonds. The Hall–Kier alpha value is -1.18. The Balaban J connectivity index is 0.000000292. The van der Waals surface area contributed by atoms with E-state index >= 15 is 0 Å². The average Bonchev–Trinajstić information content (AvgIpc) is 2.52. The van der Waals surface area contributed by atoms with Gasteiger partial charge in [-0.3, -0.25) is 9.59 Å². The van der Waals surface area contributed by atoms with E-state index in [1.807, 2.05) is 0 Å². The highest BCUT2D eigenvalue weighted by atomic mass is 16.5. The Morgan fingerprint density at radius 2 is 1.93 bits per heavy atom. The van der Waals surface area contributed by atoms with Crippen LogP contribution in [-0.2, 0) is 9.59 Å². The molecule has 0 bridgehead atoms. The molecular weight excluding hydrogens is 192 g/mol. The van der Waals surface area contributed by atoms with Gasteiger partial charge in [0.2, 0.25) is 0 Å². The predicted octanol–water partition coefficient (Wildman–Crippen LogP) is -1.05. The van der Waals surface area contributed by atoms with Crippen LogP contribution in [0.15, 0.2) is 0 Å². The van der Waals surface area contributed by atoms with Crippen LogP contribution in [0.4, 0.5) is 0 Å². The van der Waals surface area contributed by atoms with E-state index in [-0.39, 0.29) is 6.54 Å². The lowest BCUT2D eigenvalue weighted by atomic mass is 10.2. The predicted molar refractivity (Wildman–Crippen MR) is 45.8 cm³/mol. The smallest absolute Gasteiger partial charge is 0.323 e. The van der Waals surface area contributed by atoms with Gasteiger partial charge in [0.1, 0.15) is 6.04 Å². The first kappa shape index (κ1) is 12.8. The van der Waals surface area contributed by atoms with Crippen molar-refractivity contribution < 1.29 is 25.0 Å². The van der Waals surface area contributed by atoms with Gasteiger partial charge < -0.3 is 21.2 Å². The summed E-state index contributed by atoms with van der Waals surface area (Å²) >= 11 is 0. The molecular formula is C7H14N2O5. The first-order chi connectivity index (χ1) is 6.49. The topological polar surface area (TPSA) is 124 Å². The second kappa shape index (κ2) is 6.30. The van der Waals surface area contributed by atoms with Crippen molar-refractivity contribution in [2.45, 2.75) is 18.9 Å². The molecule has 0 aromatic rings. The summed E-state index contributed by atoms with van der Waals surface area (Å²) in [6.45, 7) is 0.205. The highest BCUT2D eigenvalue weighted by molar-refractivity contribution is 5.73. The molecule has 0 aliphatic carbocycles. The molecule has 0 aromatic heterocycles. The van der Waals surface area contributed by atoms with Gasteiger partial charge in [0.15, 0.2) is 0 Å². The van der Waals surface area contributed by atoms with Crippen LogP contribution in [0.1, 0.15) is 12.8 Å². The lowest BCUT2D eigenvalue weighted by Crippen LogP contribution is -2.32. The Morgan fingerprint density at radius 1 is 1.43 bits per heavy atom. The quantitative estimate of drug-likeness (QED) is 0.454. The fourth-order valence-corrected chi connectivity index (χ4v) is 1.00. The van der Waals surface area contributed by atoms with Crippen molar-refractivity contribution in [2.75, 3.05) is 13.1 Å². The SMILES string of the molecule is NCC(=O)O.O=C(O)C1CCCN1O. The van der Waals surface area contributed by atoms with Gasteiger partial charge in [0.05, 0.1) is 6.54 Å². The van der Waals surface area contributed by atoms with Crippen molar-refractivity contribution in [2.24, 2.45) is 5.73 Å². The Morgan fingerprint density at radius 3 is 2.07 bits per heavy atom. The van der Waals surface area contributed by atoms with Gasteiger partial charge in [-0.05, 0) is 12.8 Å². The summed E-state index contributed by atoms with van der Waals surface area (Å²) in [5.41, 5.74) is 4.57. The minimum Gasteiger partial charge on any atom is -0.480 e. The first-order valence-corrected chi connectivity index (χ1v) is 4.09. The molecule has 1 unspecified atom stereocenters. The maximum absolute atomic E-state index is 10.2. The maximum Gasteiger partial charge on any atom is 0.323 e. The summed E-state index contributed by atoms with van der Waals surface area (Å²) in [7, 11) is 0. The molecule has 14 heavy (non-hydrogen) atoms. The lowest BCUT2D eigenvalue weighted by Gasteiger charge is -2.11. The average molecular weight is 206 g/mol. The second-order valence-corrected chi connectivity index (χ2v) is 2.76. The van der Waals surface area contributed by atoms with E-state index in [2.05, 4.69) is 5.73 Å². The summed E-state index contributed by atoms with van der Waals surface area (Å²) in [6, 6.07) is -0.662. The van der Waals surface area contributed by atoms with E-state index in [0.29, 0.717) is 13.0 Å². The number of hydroxylamine groups is 2. The van der Waals surface area contributed by atoms with Crippen molar-refractivity contribution in [3.8, 4) is 0 Å². The summed E-state index contributed by atoms with van der Waals surface area (Å²) in [5.74, 6) is -1.90. The van der Waals surface area contributed by atoms with Gasteiger partial charge in [-0.2, -0.15) is 5.06 Å². The monoisotopic (exact) mass is 206 g/mol. The van der Waals surface area contributed by atoms with Crippen molar-refractivity contribution in [3.63, 3.8) is 0 Å². The Kier molecular flexibility index (Phi) is 5.77. The second-order valence-electron chi connectivity index (χ2n) is 2.76. The molecule has 0 spiro atoms. The molecule has 7 nitrogen and oxygen atoms in total. The number of rotatable bonds is 2. The summed E-state index contributed by atoms with van der Waals surface area (Å²) in [4.78, 5) is 19.5. The van der Waals surface area contributed by atoms with Gasteiger partial charge in [0.25, 0.3) is 0 Å². The third-order valence-electron chi connectivity index (χ3n) is 1.68. The molecule has 0 aromatic carbocycles. The summed E-state index contributed by atoms with van der Waals surface area (Å²) < 4.78 is 0. The van der Waals surface area contributed by atoms with Crippen molar-refractivity contribution in [3.05, 3.63) is 0 Å². The molecule has 1 saturated heterocycles. The third-order valence-corrected chi connectivity index (χ3v) is 1.68. The number of carbonyl (C=O) groups is 2. The molecule has 1 rings (SSSR count). The zero-order chi connectivity index (χ0) is 11.1. The largest absolute Gasteiger partial charge is 0.480 e. The molecule has 1 atom stereocenters. The number of nitrogens with two attached hydrogens (primary N) is 1. The normalized spacial score (nSPS) is 21.1. The zero-order valence-corrected chi connectivity index (χ0v) is 7.59. The Bertz CT molecular complexity index is 208. The summed E-state index contributed by atoms with van der Waals surface area (Å²) in [6.07, 6.45) is 1.33. The van der Waals surface area contributed by atoms with E-state index < -0.39 is 18.0 Å². The van der Waals surface area contributed by atoms with Crippen molar-refractivity contribution in [1.29, 1.82) is 0 Å². The van der Waals surface area contributed by atoms with Crippen LogP contribution < -0.4 is 5.73 Å². The molecule has 7 heteroatoms. The lowest BCUT2D eigenvalue weighted by molar-refractivity contribution is -0.161. The number of aliphatic carboxylic acids is 2. The number of carboxylic acid groups (broad SMARTS) is 2. The maximum atomic E-state index is 10.2. The summed E-state index contributed by atoms with van der Waals surface area (Å²) in [5, 5.41) is 25.7. The van der Waals surface area contributed by atoms with Gasteiger partial charge in [-0.25, -0.2) is 0 Å². The van der Waals surface area contributed by atoms with Crippen LogP contribution in [0.25, 0.3) is 0 Å². The number of hydrogen-bond donors (Lipinski definition) is 4. The van der Waals surface area contributed by atoms with Crippen LogP contribution >= 0.6 is 0 Å².